The van der Waals surface area contributed by atoms with Crippen LogP contribution in [0.1, 0.15) is 17.0 Å². The SMILES string of the molecule is COc1ccc(CN2C[C@@H](N)[C@H](c3ccccc3)C2)c(Br)c1O. The van der Waals surface area contributed by atoms with E-state index < -0.39 is 0 Å². The molecule has 2 atom stereocenters. The lowest BCUT2D eigenvalue weighted by atomic mass is 9.95. The van der Waals surface area contributed by atoms with Crippen LogP contribution in [0.15, 0.2) is 46.9 Å². The molecule has 0 aliphatic carbocycles. The first-order valence-corrected chi connectivity index (χ1v) is 8.46. The molecule has 122 valence electrons. The molecule has 0 saturated carbocycles. The van der Waals surface area contributed by atoms with Crippen LogP contribution < -0.4 is 10.5 Å². The molecule has 2 aromatic carbocycles. The predicted molar refractivity (Wildman–Crippen MR) is 94.8 cm³/mol. The number of hydrogen-bond donors (Lipinski definition) is 2. The molecule has 1 heterocycles. The molecule has 1 fully saturated rings. The molecule has 1 saturated heterocycles. The second kappa shape index (κ2) is 6.91. The van der Waals surface area contributed by atoms with Crippen LogP contribution in [-0.2, 0) is 6.54 Å². The zero-order chi connectivity index (χ0) is 16.4. The molecule has 3 rings (SSSR count). The fourth-order valence-corrected chi connectivity index (χ4v) is 3.66. The minimum Gasteiger partial charge on any atom is -0.503 e. The number of halogens is 1. The first kappa shape index (κ1) is 16.3. The highest BCUT2D eigenvalue weighted by molar-refractivity contribution is 9.10. The molecular weight excluding hydrogens is 356 g/mol. The highest BCUT2D eigenvalue weighted by atomic mass is 79.9. The Balaban J connectivity index is 1.74. The van der Waals surface area contributed by atoms with Gasteiger partial charge in [-0.2, -0.15) is 0 Å². The summed E-state index contributed by atoms with van der Waals surface area (Å²) in [4.78, 5) is 2.33. The average Bonchev–Trinajstić information content (AvgIpc) is 2.93. The third-order valence-corrected chi connectivity index (χ3v) is 5.33. The van der Waals surface area contributed by atoms with Crippen molar-refractivity contribution in [1.29, 1.82) is 0 Å². The van der Waals surface area contributed by atoms with Crippen molar-refractivity contribution < 1.29 is 9.84 Å². The van der Waals surface area contributed by atoms with E-state index in [2.05, 4.69) is 45.1 Å². The quantitative estimate of drug-likeness (QED) is 0.860. The van der Waals surface area contributed by atoms with E-state index in [0.717, 1.165) is 25.2 Å². The normalized spacial score (nSPS) is 21.5. The van der Waals surface area contributed by atoms with Gasteiger partial charge in [-0.3, -0.25) is 4.90 Å². The Hall–Kier alpha value is -1.56. The number of nitrogens with two attached hydrogens (primary N) is 1. The Morgan fingerprint density at radius 2 is 1.96 bits per heavy atom. The summed E-state index contributed by atoms with van der Waals surface area (Å²) < 4.78 is 5.82. The summed E-state index contributed by atoms with van der Waals surface area (Å²) in [6, 6.07) is 14.3. The zero-order valence-corrected chi connectivity index (χ0v) is 14.7. The summed E-state index contributed by atoms with van der Waals surface area (Å²) >= 11 is 3.47. The average molecular weight is 377 g/mol. The van der Waals surface area contributed by atoms with Crippen molar-refractivity contribution in [2.45, 2.75) is 18.5 Å². The van der Waals surface area contributed by atoms with Crippen molar-refractivity contribution >= 4 is 15.9 Å². The molecule has 0 radical (unpaired) electrons. The number of nitrogens with zero attached hydrogens (tertiary/aromatic N) is 1. The topological polar surface area (TPSA) is 58.7 Å². The maximum Gasteiger partial charge on any atom is 0.172 e. The van der Waals surface area contributed by atoms with E-state index in [1.807, 2.05) is 12.1 Å². The molecule has 2 aromatic rings. The van der Waals surface area contributed by atoms with Gasteiger partial charge in [-0.25, -0.2) is 0 Å². The van der Waals surface area contributed by atoms with Crippen LogP contribution in [0, 0.1) is 0 Å². The van der Waals surface area contributed by atoms with Gasteiger partial charge in [0.05, 0.1) is 11.6 Å². The van der Waals surface area contributed by atoms with Crippen molar-refractivity contribution in [3.63, 3.8) is 0 Å². The largest absolute Gasteiger partial charge is 0.503 e. The molecule has 0 spiro atoms. The second-order valence-corrected chi connectivity index (χ2v) is 6.76. The molecule has 5 heteroatoms. The molecule has 1 aliphatic rings. The molecule has 4 nitrogen and oxygen atoms in total. The smallest absolute Gasteiger partial charge is 0.172 e. The van der Waals surface area contributed by atoms with E-state index in [-0.39, 0.29) is 11.8 Å². The summed E-state index contributed by atoms with van der Waals surface area (Å²) in [5.41, 5.74) is 8.67. The number of aromatic hydroxyl groups is 1. The molecule has 0 bridgehead atoms. The van der Waals surface area contributed by atoms with Crippen LogP contribution in [0.5, 0.6) is 11.5 Å². The van der Waals surface area contributed by atoms with Gasteiger partial charge in [-0.1, -0.05) is 36.4 Å². The minimum absolute atomic E-state index is 0.128. The van der Waals surface area contributed by atoms with Gasteiger partial charge in [0, 0.05) is 31.6 Å². The summed E-state index contributed by atoms with van der Waals surface area (Å²) in [5.74, 6) is 0.968. The first-order valence-electron chi connectivity index (χ1n) is 7.67. The number of phenols is 1. The Morgan fingerprint density at radius 1 is 1.22 bits per heavy atom. The highest BCUT2D eigenvalue weighted by Crippen LogP contribution is 2.37. The first-order chi connectivity index (χ1) is 11.1. The summed E-state index contributed by atoms with van der Waals surface area (Å²) in [6.07, 6.45) is 0. The Kier molecular flexibility index (Phi) is 4.90. The van der Waals surface area contributed by atoms with Crippen LogP contribution in [-0.4, -0.2) is 36.2 Å². The summed E-state index contributed by atoms with van der Waals surface area (Å²) in [7, 11) is 1.55. The number of rotatable bonds is 4. The van der Waals surface area contributed by atoms with Crippen molar-refractivity contribution in [1.82, 2.24) is 4.90 Å². The molecule has 3 N–H and O–H groups in total. The number of hydrogen-bond acceptors (Lipinski definition) is 4. The van der Waals surface area contributed by atoms with Crippen molar-refractivity contribution in [2.24, 2.45) is 5.73 Å². The monoisotopic (exact) mass is 376 g/mol. The van der Waals surface area contributed by atoms with Crippen LogP contribution in [0.4, 0.5) is 0 Å². The zero-order valence-electron chi connectivity index (χ0n) is 13.1. The second-order valence-electron chi connectivity index (χ2n) is 5.96. The van der Waals surface area contributed by atoms with Gasteiger partial charge in [-0.05, 0) is 33.1 Å². The molecule has 0 amide bonds. The van der Waals surface area contributed by atoms with Crippen LogP contribution in [0.2, 0.25) is 0 Å². The highest BCUT2D eigenvalue weighted by Gasteiger charge is 2.31. The van der Waals surface area contributed by atoms with Gasteiger partial charge in [0.1, 0.15) is 0 Å². The van der Waals surface area contributed by atoms with E-state index in [4.69, 9.17) is 10.5 Å². The van der Waals surface area contributed by atoms with E-state index in [1.54, 1.807) is 13.2 Å². The fraction of sp³-hybridized carbons (Fsp3) is 0.333. The molecule has 23 heavy (non-hydrogen) atoms. The lowest BCUT2D eigenvalue weighted by molar-refractivity contribution is 0.321. The lowest BCUT2D eigenvalue weighted by Crippen LogP contribution is -2.28. The lowest BCUT2D eigenvalue weighted by Gasteiger charge is -2.18. The van der Waals surface area contributed by atoms with Gasteiger partial charge < -0.3 is 15.6 Å². The number of ether oxygens (including phenoxy) is 1. The third kappa shape index (κ3) is 3.37. The molecular formula is C18H21BrN2O2. The van der Waals surface area contributed by atoms with E-state index in [0.29, 0.717) is 16.1 Å². The Bertz CT molecular complexity index is 678. The van der Waals surface area contributed by atoms with Crippen molar-refractivity contribution in [3.05, 3.63) is 58.1 Å². The van der Waals surface area contributed by atoms with E-state index in [1.165, 1.54) is 5.56 Å². The minimum atomic E-state index is 0.128. The number of benzene rings is 2. The van der Waals surface area contributed by atoms with Crippen LogP contribution in [0.3, 0.4) is 0 Å². The van der Waals surface area contributed by atoms with Crippen LogP contribution >= 0.6 is 15.9 Å². The number of phenolic OH excluding ortho intramolecular Hbond substituents is 1. The Morgan fingerprint density at radius 3 is 2.65 bits per heavy atom. The van der Waals surface area contributed by atoms with Crippen molar-refractivity contribution in [2.75, 3.05) is 20.2 Å². The van der Waals surface area contributed by atoms with Gasteiger partial charge in [0.25, 0.3) is 0 Å². The van der Waals surface area contributed by atoms with Gasteiger partial charge >= 0.3 is 0 Å². The molecule has 0 unspecified atom stereocenters. The maximum absolute atomic E-state index is 10.1. The molecule has 0 aromatic heterocycles. The fourth-order valence-electron chi connectivity index (χ4n) is 3.21. The number of likely N-dealkylation sites (tertiary alicyclic amines) is 1. The van der Waals surface area contributed by atoms with E-state index in [9.17, 15) is 5.11 Å². The standard InChI is InChI=1S/C18H21BrN2O2/c1-23-16-8-7-13(17(19)18(16)22)9-21-10-14(15(20)11-21)12-5-3-2-4-6-12/h2-8,14-15,22H,9-11,20H2,1H3/t14-,15+/m0/s1. The summed E-state index contributed by atoms with van der Waals surface area (Å²) in [6.45, 7) is 2.51. The van der Waals surface area contributed by atoms with E-state index >= 15 is 0 Å². The maximum atomic E-state index is 10.1. The number of methoxy groups -OCH3 is 1. The van der Waals surface area contributed by atoms with Gasteiger partial charge in [0.15, 0.2) is 11.5 Å². The molecule has 1 aliphatic heterocycles. The summed E-state index contributed by atoms with van der Waals surface area (Å²) in [5, 5.41) is 10.1. The van der Waals surface area contributed by atoms with Crippen LogP contribution in [0.25, 0.3) is 0 Å². The Labute approximate surface area is 145 Å². The van der Waals surface area contributed by atoms with Gasteiger partial charge in [0.2, 0.25) is 0 Å². The van der Waals surface area contributed by atoms with Crippen molar-refractivity contribution in [3.8, 4) is 11.5 Å². The van der Waals surface area contributed by atoms with Gasteiger partial charge in [-0.15, -0.1) is 0 Å². The third-order valence-electron chi connectivity index (χ3n) is 4.44. The predicted octanol–water partition coefficient (Wildman–Crippen LogP) is 3.09.